The fourth-order valence-corrected chi connectivity index (χ4v) is 1.75. The molecule has 94 valence electrons. The topological polar surface area (TPSA) is 90.0 Å². The standard InChI is InChI=1S/C12H14N4O2/c1-7-15-9-5-8(3-4-10(9)16(7)2)6-14-12(18)11(13)17/h3-5H,6H2,1-2H3,(H2,13,17)(H,14,18). The third-order valence-electron chi connectivity index (χ3n) is 2.85. The normalized spacial score (nSPS) is 10.6. The first kappa shape index (κ1) is 12.1. The van der Waals surface area contributed by atoms with Crippen LogP contribution in [-0.2, 0) is 23.2 Å². The molecule has 2 rings (SSSR count). The van der Waals surface area contributed by atoms with Gasteiger partial charge in [0.05, 0.1) is 11.0 Å². The van der Waals surface area contributed by atoms with Gasteiger partial charge in [-0.25, -0.2) is 4.98 Å². The first-order chi connectivity index (χ1) is 8.49. The fourth-order valence-electron chi connectivity index (χ4n) is 1.75. The first-order valence-corrected chi connectivity index (χ1v) is 5.48. The number of benzene rings is 1. The molecular formula is C12H14N4O2. The number of nitrogens with zero attached hydrogens (tertiary/aromatic N) is 2. The van der Waals surface area contributed by atoms with Crippen LogP contribution in [-0.4, -0.2) is 21.4 Å². The van der Waals surface area contributed by atoms with Crippen LogP contribution in [0, 0.1) is 6.92 Å². The number of primary amides is 1. The number of carbonyl (C=O) groups is 2. The summed E-state index contributed by atoms with van der Waals surface area (Å²) in [4.78, 5) is 26.0. The van der Waals surface area contributed by atoms with Gasteiger partial charge in [-0.3, -0.25) is 9.59 Å². The lowest BCUT2D eigenvalue weighted by molar-refractivity contribution is -0.137. The Morgan fingerprint density at radius 2 is 2.17 bits per heavy atom. The Labute approximate surface area is 104 Å². The minimum absolute atomic E-state index is 0.257. The molecule has 1 aromatic heterocycles. The molecule has 0 radical (unpaired) electrons. The van der Waals surface area contributed by atoms with Gasteiger partial charge in [0.15, 0.2) is 0 Å². The Morgan fingerprint density at radius 1 is 1.44 bits per heavy atom. The number of nitrogens with one attached hydrogen (secondary N) is 1. The molecule has 0 unspecified atom stereocenters. The smallest absolute Gasteiger partial charge is 0.309 e. The van der Waals surface area contributed by atoms with E-state index < -0.39 is 11.8 Å². The van der Waals surface area contributed by atoms with E-state index in [1.54, 1.807) is 0 Å². The van der Waals surface area contributed by atoms with Crippen molar-refractivity contribution in [2.24, 2.45) is 12.8 Å². The molecule has 1 aromatic carbocycles. The molecule has 0 bridgehead atoms. The molecule has 0 aliphatic carbocycles. The Morgan fingerprint density at radius 3 is 2.83 bits per heavy atom. The van der Waals surface area contributed by atoms with E-state index in [2.05, 4.69) is 10.3 Å². The second-order valence-electron chi connectivity index (χ2n) is 4.09. The molecule has 0 fully saturated rings. The molecular weight excluding hydrogens is 232 g/mol. The van der Waals surface area contributed by atoms with Gasteiger partial charge in [0, 0.05) is 13.6 Å². The van der Waals surface area contributed by atoms with Crippen LogP contribution >= 0.6 is 0 Å². The van der Waals surface area contributed by atoms with Crippen molar-refractivity contribution >= 4 is 22.8 Å². The third kappa shape index (κ3) is 2.17. The number of fused-ring (bicyclic) bond motifs is 1. The number of carbonyl (C=O) groups excluding carboxylic acids is 2. The minimum atomic E-state index is -0.982. The number of aromatic nitrogens is 2. The molecule has 0 saturated heterocycles. The summed E-state index contributed by atoms with van der Waals surface area (Å²) < 4.78 is 1.99. The zero-order chi connectivity index (χ0) is 13.3. The average Bonchev–Trinajstić information content (AvgIpc) is 2.61. The number of hydrogen-bond donors (Lipinski definition) is 2. The highest BCUT2D eigenvalue weighted by atomic mass is 16.2. The van der Waals surface area contributed by atoms with Crippen molar-refractivity contribution < 1.29 is 9.59 Å². The summed E-state index contributed by atoms with van der Waals surface area (Å²) >= 11 is 0. The number of rotatable bonds is 2. The van der Waals surface area contributed by atoms with Crippen LogP contribution in [0.1, 0.15) is 11.4 Å². The Bertz CT molecular complexity index is 630. The molecule has 0 saturated carbocycles. The van der Waals surface area contributed by atoms with Gasteiger partial charge in [0.25, 0.3) is 0 Å². The van der Waals surface area contributed by atoms with Crippen LogP contribution in [0.5, 0.6) is 0 Å². The molecule has 6 heteroatoms. The zero-order valence-electron chi connectivity index (χ0n) is 10.2. The van der Waals surface area contributed by atoms with Gasteiger partial charge in [-0.15, -0.1) is 0 Å². The second kappa shape index (κ2) is 4.48. The van der Waals surface area contributed by atoms with Gasteiger partial charge in [-0.05, 0) is 24.6 Å². The molecule has 0 spiro atoms. The molecule has 0 atom stereocenters. The Balaban J connectivity index is 2.20. The summed E-state index contributed by atoms with van der Waals surface area (Å²) in [7, 11) is 1.94. The van der Waals surface area contributed by atoms with Crippen molar-refractivity contribution in [1.29, 1.82) is 0 Å². The van der Waals surface area contributed by atoms with E-state index in [4.69, 9.17) is 5.73 Å². The number of aryl methyl sites for hydroxylation is 2. The van der Waals surface area contributed by atoms with E-state index in [0.29, 0.717) is 0 Å². The lowest BCUT2D eigenvalue weighted by Gasteiger charge is -2.03. The molecule has 0 aliphatic heterocycles. The minimum Gasteiger partial charge on any atom is -0.361 e. The fraction of sp³-hybridized carbons (Fsp3) is 0.250. The van der Waals surface area contributed by atoms with Crippen LogP contribution in [0.15, 0.2) is 18.2 Å². The van der Waals surface area contributed by atoms with Gasteiger partial charge >= 0.3 is 11.8 Å². The van der Waals surface area contributed by atoms with Crippen LogP contribution in [0.2, 0.25) is 0 Å². The quantitative estimate of drug-likeness (QED) is 0.730. The van der Waals surface area contributed by atoms with Crippen molar-refractivity contribution in [3.8, 4) is 0 Å². The number of nitrogens with two attached hydrogens (primary N) is 1. The molecule has 2 aromatic rings. The Kier molecular flexibility index (Phi) is 3.01. The summed E-state index contributed by atoms with van der Waals surface area (Å²) in [5.41, 5.74) is 7.61. The van der Waals surface area contributed by atoms with E-state index in [0.717, 1.165) is 22.4 Å². The van der Waals surface area contributed by atoms with Gasteiger partial charge < -0.3 is 15.6 Å². The van der Waals surface area contributed by atoms with Crippen molar-refractivity contribution in [1.82, 2.24) is 14.9 Å². The number of hydrogen-bond acceptors (Lipinski definition) is 3. The van der Waals surface area contributed by atoms with Crippen LogP contribution in [0.3, 0.4) is 0 Å². The third-order valence-corrected chi connectivity index (χ3v) is 2.85. The van der Waals surface area contributed by atoms with Crippen LogP contribution in [0.4, 0.5) is 0 Å². The number of amides is 2. The predicted molar refractivity (Wildman–Crippen MR) is 66.5 cm³/mol. The van der Waals surface area contributed by atoms with Gasteiger partial charge in [-0.1, -0.05) is 6.07 Å². The second-order valence-corrected chi connectivity index (χ2v) is 4.09. The Hall–Kier alpha value is -2.37. The maximum Gasteiger partial charge on any atom is 0.309 e. The van der Waals surface area contributed by atoms with Crippen molar-refractivity contribution in [2.45, 2.75) is 13.5 Å². The van der Waals surface area contributed by atoms with Gasteiger partial charge in [-0.2, -0.15) is 0 Å². The molecule has 0 aliphatic rings. The monoisotopic (exact) mass is 246 g/mol. The summed E-state index contributed by atoms with van der Waals surface area (Å²) in [6, 6.07) is 5.69. The van der Waals surface area contributed by atoms with Crippen molar-refractivity contribution in [2.75, 3.05) is 0 Å². The highest BCUT2D eigenvalue weighted by Crippen LogP contribution is 2.16. The van der Waals surface area contributed by atoms with E-state index in [9.17, 15) is 9.59 Å². The number of imidazole rings is 1. The summed E-state index contributed by atoms with van der Waals surface area (Å²) in [6.45, 7) is 2.18. The van der Waals surface area contributed by atoms with Crippen LogP contribution < -0.4 is 11.1 Å². The lowest BCUT2D eigenvalue weighted by Crippen LogP contribution is -2.35. The van der Waals surface area contributed by atoms with Crippen molar-refractivity contribution in [3.05, 3.63) is 29.6 Å². The van der Waals surface area contributed by atoms with Crippen molar-refractivity contribution in [3.63, 3.8) is 0 Å². The maximum absolute atomic E-state index is 11.0. The maximum atomic E-state index is 11.0. The SMILES string of the molecule is Cc1nc2cc(CNC(=O)C(N)=O)ccc2n1C. The lowest BCUT2D eigenvalue weighted by atomic mass is 10.2. The van der Waals surface area contributed by atoms with E-state index in [1.807, 2.05) is 36.7 Å². The zero-order valence-corrected chi connectivity index (χ0v) is 10.2. The van der Waals surface area contributed by atoms with E-state index in [1.165, 1.54) is 0 Å². The summed E-state index contributed by atoms with van der Waals surface area (Å²) in [5, 5.41) is 2.44. The largest absolute Gasteiger partial charge is 0.361 e. The van der Waals surface area contributed by atoms with E-state index in [-0.39, 0.29) is 6.54 Å². The molecule has 3 N–H and O–H groups in total. The predicted octanol–water partition coefficient (Wildman–Crippen LogP) is -0.0168. The highest BCUT2D eigenvalue weighted by molar-refractivity contribution is 6.34. The molecule has 18 heavy (non-hydrogen) atoms. The molecule has 2 amide bonds. The van der Waals surface area contributed by atoms with Crippen LogP contribution in [0.25, 0.3) is 11.0 Å². The highest BCUT2D eigenvalue weighted by Gasteiger charge is 2.09. The van der Waals surface area contributed by atoms with E-state index >= 15 is 0 Å². The van der Waals surface area contributed by atoms with Gasteiger partial charge in [0.2, 0.25) is 0 Å². The summed E-state index contributed by atoms with van der Waals surface area (Å²) in [5.74, 6) is -0.847. The molecule has 6 nitrogen and oxygen atoms in total. The van der Waals surface area contributed by atoms with Gasteiger partial charge in [0.1, 0.15) is 5.82 Å². The summed E-state index contributed by atoms with van der Waals surface area (Å²) in [6.07, 6.45) is 0. The first-order valence-electron chi connectivity index (χ1n) is 5.48. The average molecular weight is 246 g/mol. The molecule has 1 heterocycles.